The standard InChI is InChI=1S/C30H31N6.C14H6N3.Pt/c1-20-13-21(2)29(22(3)14-20)24-15-25(33-18-34(5)27-9-7-11-31-23(27)4)17-26(16-24)36-19-35(6)28-10-8-12-32-30(28)36;15-7-9-1-3-13-11(5-9)12-6-10(8-16)2-4-14(12)17-13;/h7-16,18-19,33H,1-6H3;1-6H;/q-3;-1;+4/i5D3,6D3;;. The Morgan fingerprint density at radius 2 is 1.54 bits per heavy atom. The van der Waals surface area contributed by atoms with E-state index in [0.29, 0.717) is 45.4 Å². The second-order valence-corrected chi connectivity index (χ2v) is 12.7. The maximum absolute atomic E-state index is 8.88. The van der Waals surface area contributed by atoms with Crippen molar-refractivity contribution in [1.82, 2.24) is 15.0 Å². The molecule has 0 amide bonds. The van der Waals surface area contributed by atoms with Gasteiger partial charge in [-0.25, -0.2) is 4.98 Å². The van der Waals surface area contributed by atoms with Gasteiger partial charge in [0.2, 0.25) is 0 Å². The van der Waals surface area contributed by atoms with E-state index in [1.54, 1.807) is 60.6 Å². The molecule has 0 saturated heterocycles. The number of pyridine rings is 2. The van der Waals surface area contributed by atoms with Gasteiger partial charge in [-0.15, -0.1) is 46.2 Å². The van der Waals surface area contributed by atoms with Crippen molar-refractivity contribution in [2.75, 3.05) is 34.0 Å². The van der Waals surface area contributed by atoms with E-state index in [4.69, 9.17) is 18.7 Å². The first-order valence-corrected chi connectivity index (χ1v) is 16.7. The predicted molar refractivity (Wildman–Crippen MR) is 214 cm³/mol. The van der Waals surface area contributed by atoms with Gasteiger partial charge >= 0.3 is 21.1 Å². The molecule has 1 aliphatic heterocycles. The van der Waals surface area contributed by atoms with Crippen LogP contribution in [0, 0.1) is 69.8 Å². The molecule has 54 heavy (non-hydrogen) atoms. The summed E-state index contributed by atoms with van der Waals surface area (Å²) in [5.74, 6) is 0.449. The monoisotopic (exact) mass is 892 g/mol. The molecule has 4 heterocycles. The number of fused-ring (bicyclic) bond motifs is 4. The molecule has 0 fully saturated rings. The van der Waals surface area contributed by atoms with Gasteiger partial charge < -0.3 is 25.0 Å². The Kier molecular flexibility index (Phi) is 8.90. The molecule has 3 aromatic heterocycles. The Bertz CT molecular complexity index is 2710. The Morgan fingerprint density at radius 1 is 0.870 bits per heavy atom. The van der Waals surface area contributed by atoms with Crippen LogP contribution in [0.1, 0.15) is 41.7 Å². The van der Waals surface area contributed by atoms with Gasteiger partial charge in [0, 0.05) is 32.0 Å². The molecule has 9 nitrogen and oxygen atoms in total. The van der Waals surface area contributed by atoms with E-state index < -0.39 is 14.0 Å². The molecular weight excluding hydrogens is 850 g/mol. The van der Waals surface area contributed by atoms with Crippen molar-refractivity contribution in [3.05, 3.63) is 150 Å². The van der Waals surface area contributed by atoms with Gasteiger partial charge in [-0.1, -0.05) is 29.8 Å². The van der Waals surface area contributed by atoms with Crippen LogP contribution in [-0.2, 0) is 21.1 Å². The fourth-order valence-corrected chi connectivity index (χ4v) is 6.61. The number of hydrogen-bond donors (Lipinski definition) is 1. The van der Waals surface area contributed by atoms with Crippen molar-refractivity contribution in [3.8, 4) is 23.3 Å². The smallest absolute Gasteiger partial charge is 0.657 e. The molecule has 7 aromatic rings. The maximum atomic E-state index is 8.88. The van der Waals surface area contributed by atoms with Crippen LogP contribution in [0.25, 0.3) is 32.9 Å². The van der Waals surface area contributed by atoms with Crippen molar-refractivity contribution in [2.45, 2.75) is 27.7 Å². The first-order chi connectivity index (χ1) is 28.0. The van der Waals surface area contributed by atoms with Gasteiger partial charge in [0.15, 0.2) is 0 Å². The van der Waals surface area contributed by atoms with E-state index in [9.17, 15) is 0 Å². The Balaban J connectivity index is 0.000000278. The zero-order chi connectivity index (χ0) is 42.2. The number of anilines is 5. The largest absolute Gasteiger partial charge is 4.00 e. The molecule has 0 aliphatic carbocycles. The average Bonchev–Trinajstić information content (AvgIpc) is 3.76. The first kappa shape index (κ1) is 30.3. The van der Waals surface area contributed by atoms with E-state index >= 15 is 0 Å². The van der Waals surface area contributed by atoms with E-state index in [-0.39, 0.29) is 21.1 Å². The number of benzene rings is 4. The molecule has 0 atom stereocenters. The van der Waals surface area contributed by atoms with Crippen LogP contribution in [0.4, 0.5) is 28.6 Å². The van der Waals surface area contributed by atoms with Gasteiger partial charge in [-0.05, 0) is 118 Å². The third-order valence-corrected chi connectivity index (χ3v) is 8.93. The maximum Gasteiger partial charge on any atom is 4.00 e. The number of nitrogens with one attached hydrogen (secondary N) is 1. The van der Waals surface area contributed by atoms with Crippen molar-refractivity contribution < 1.29 is 29.3 Å². The van der Waals surface area contributed by atoms with Gasteiger partial charge in [-0.3, -0.25) is 4.98 Å². The van der Waals surface area contributed by atoms with Crippen molar-refractivity contribution in [1.29, 1.82) is 10.5 Å². The van der Waals surface area contributed by atoms with Crippen LogP contribution < -0.4 is 25.0 Å². The second-order valence-electron chi connectivity index (χ2n) is 12.7. The third kappa shape index (κ3) is 7.51. The molecule has 0 radical (unpaired) electrons. The summed E-state index contributed by atoms with van der Waals surface area (Å²) in [5.41, 5.74) is 10.5. The number of hydrogen-bond acceptors (Lipinski definition) is 8. The Hall–Kier alpha value is -6.15. The van der Waals surface area contributed by atoms with Crippen molar-refractivity contribution in [2.24, 2.45) is 0 Å². The molecule has 0 unspecified atom stereocenters. The summed E-state index contributed by atoms with van der Waals surface area (Å²) >= 11 is 0. The zero-order valence-corrected chi connectivity index (χ0v) is 32.1. The van der Waals surface area contributed by atoms with E-state index in [1.807, 2.05) is 57.2 Å². The van der Waals surface area contributed by atoms with E-state index in [2.05, 4.69) is 50.6 Å². The molecule has 0 bridgehead atoms. The fourth-order valence-electron chi connectivity index (χ4n) is 6.61. The molecule has 1 N–H and O–H groups in total. The predicted octanol–water partition coefficient (Wildman–Crippen LogP) is 9.24. The Morgan fingerprint density at radius 3 is 2.17 bits per heavy atom. The number of rotatable bonds is 6. The summed E-state index contributed by atoms with van der Waals surface area (Å²) in [5, 5.41) is 22.8. The van der Waals surface area contributed by atoms with Gasteiger partial charge in [0.25, 0.3) is 0 Å². The molecule has 268 valence electrons. The second kappa shape index (κ2) is 15.8. The fraction of sp³-hybridized carbons (Fsp3) is 0.136. The van der Waals surface area contributed by atoms with Crippen LogP contribution in [0.5, 0.6) is 0 Å². The van der Waals surface area contributed by atoms with Gasteiger partial charge in [0.1, 0.15) is 5.82 Å². The topological polar surface area (TPSA) is 109 Å². The minimum Gasteiger partial charge on any atom is -0.657 e. The van der Waals surface area contributed by atoms with Crippen LogP contribution in [-0.4, -0.2) is 23.9 Å². The molecule has 4 aromatic carbocycles. The average molecular weight is 893 g/mol. The normalized spacial score (nSPS) is 13.7. The molecule has 8 rings (SSSR count). The molecular formula is C44H37N9Pt. The minimum absolute atomic E-state index is 0. The summed E-state index contributed by atoms with van der Waals surface area (Å²) in [4.78, 5) is 17.2. The molecule has 10 heteroatoms. The molecule has 1 aliphatic rings. The van der Waals surface area contributed by atoms with E-state index in [1.165, 1.54) is 18.2 Å². The zero-order valence-electron chi connectivity index (χ0n) is 35.8. The number of aryl methyl sites for hydroxylation is 4. The summed E-state index contributed by atoms with van der Waals surface area (Å²) < 4.78 is 48.6. The number of nitriles is 2. The summed E-state index contributed by atoms with van der Waals surface area (Å²) in [6.45, 7) is 5.85. The third-order valence-electron chi connectivity index (χ3n) is 8.93. The first-order valence-electron chi connectivity index (χ1n) is 19.7. The van der Waals surface area contributed by atoms with Crippen LogP contribution in [0.15, 0.2) is 97.3 Å². The van der Waals surface area contributed by atoms with Crippen molar-refractivity contribution >= 4 is 50.4 Å². The van der Waals surface area contributed by atoms with Gasteiger partial charge in [0.05, 0.1) is 29.0 Å². The summed E-state index contributed by atoms with van der Waals surface area (Å²) in [6.07, 6.45) is 3.22. The summed E-state index contributed by atoms with van der Waals surface area (Å²) in [7, 11) is 0. The Labute approximate surface area is 339 Å². The summed E-state index contributed by atoms with van der Waals surface area (Å²) in [6, 6.07) is 33.1. The van der Waals surface area contributed by atoms with Crippen molar-refractivity contribution in [3.63, 3.8) is 0 Å². The quantitative estimate of drug-likeness (QED) is 0.164. The molecule has 0 spiro atoms. The minimum atomic E-state index is -2.49. The number of nitrogens with zero attached hydrogens (tertiary/aromatic N) is 8. The number of aromatic nitrogens is 3. The van der Waals surface area contributed by atoms with Gasteiger partial charge in [-0.2, -0.15) is 23.9 Å². The molecule has 0 saturated carbocycles. The SMILES string of the molecule is N#Cc1ccc2[n-]c3ccc(C#N)cc3c2c1.[2H]C([2H])([2H])N([CH-]Nc1[c-]c(N2[CH-]N(C([2H])([2H])[2H])c3cccnc32)cc(-c2c(C)cc(C)cc2C)c1)c1cccnc1C.[Pt+4]. The van der Waals surface area contributed by atoms with Crippen LogP contribution in [0.2, 0.25) is 0 Å². The van der Waals surface area contributed by atoms with Crippen LogP contribution in [0.3, 0.4) is 0 Å². The van der Waals surface area contributed by atoms with E-state index in [0.717, 1.165) is 54.5 Å². The van der Waals surface area contributed by atoms with Crippen LogP contribution >= 0.6 is 0 Å².